The van der Waals surface area contributed by atoms with Gasteiger partial charge < -0.3 is 9.73 Å². The fourth-order valence-electron chi connectivity index (χ4n) is 3.29. The van der Waals surface area contributed by atoms with E-state index in [1.165, 1.54) is 18.4 Å². The maximum absolute atomic E-state index is 12.2. The van der Waals surface area contributed by atoms with Crippen molar-refractivity contribution in [2.24, 2.45) is 0 Å². The molecule has 1 saturated carbocycles. The number of benzene rings is 1. The van der Waals surface area contributed by atoms with Crippen LogP contribution in [0.3, 0.4) is 0 Å². The first-order valence-electron chi connectivity index (χ1n) is 9.09. The van der Waals surface area contributed by atoms with Gasteiger partial charge in [0.15, 0.2) is 0 Å². The van der Waals surface area contributed by atoms with Crippen molar-refractivity contribution in [3.05, 3.63) is 41.6 Å². The Balaban J connectivity index is 1.25. The van der Waals surface area contributed by atoms with Crippen LogP contribution in [-0.4, -0.2) is 40.6 Å². The highest BCUT2D eigenvalue weighted by molar-refractivity contribution is 5.92. The molecular formula is C19H24N4O2. The summed E-state index contributed by atoms with van der Waals surface area (Å²) in [5.74, 6) is 2.47. The van der Waals surface area contributed by atoms with E-state index in [1.54, 1.807) is 0 Å². The zero-order valence-electron chi connectivity index (χ0n) is 14.6. The van der Waals surface area contributed by atoms with Gasteiger partial charge >= 0.3 is 0 Å². The number of nitrogens with one attached hydrogen (secondary N) is 1. The van der Waals surface area contributed by atoms with E-state index < -0.39 is 0 Å². The molecule has 4 rings (SSSR count). The molecule has 6 nitrogen and oxygen atoms in total. The quantitative estimate of drug-likeness (QED) is 0.906. The standard InChI is InChI=1S/C19H24N4O2/c1-13-2-6-16(7-3-13)20-17(24)12-23-10-8-15(9-11-23)19-22-21-18(25-19)14-4-5-14/h2-3,6-7,14-15H,4-5,8-12H2,1H3,(H,20,24). The number of likely N-dealkylation sites (tertiary alicyclic amines) is 1. The van der Waals surface area contributed by atoms with Crippen molar-refractivity contribution in [2.75, 3.05) is 25.0 Å². The van der Waals surface area contributed by atoms with Crippen molar-refractivity contribution in [1.82, 2.24) is 15.1 Å². The first-order valence-corrected chi connectivity index (χ1v) is 9.09. The van der Waals surface area contributed by atoms with E-state index in [2.05, 4.69) is 20.4 Å². The Kier molecular flexibility index (Phi) is 4.53. The number of hydrogen-bond donors (Lipinski definition) is 1. The van der Waals surface area contributed by atoms with Gasteiger partial charge in [-0.25, -0.2) is 0 Å². The number of nitrogens with zero attached hydrogens (tertiary/aromatic N) is 3. The van der Waals surface area contributed by atoms with Gasteiger partial charge in [0, 0.05) is 17.5 Å². The summed E-state index contributed by atoms with van der Waals surface area (Å²) in [6, 6.07) is 7.88. The van der Waals surface area contributed by atoms with Crippen molar-refractivity contribution in [2.45, 2.75) is 44.4 Å². The Bertz CT molecular complexity index is 728. The number of carbonyl (C=O) groups is 1. The van der Waals surface area contributed by atoms with Crippen LogP contribution in [0.15, 0.2) is 28.7 Å². The van der Waals surface area contributed by atoms with Gasteiger partial charge in [0.25, 0.3) is 0 Å². The van der Waals surface area contributed by atoms with Gasteiger partial charge in [-0.15, -0.1) is 10.2 Å². The highest BCUT2D eigenvalue weighted by atomic mass is 16.4. The third kappa shape index (κ3) is 4.07. The summed E-state index contributed by atoms with van der Waals surface area (Å²) in [5.41, 5.74) is 2.04. The molecule has 1 aliphatic carbocycles. The van der Waals surface area contributed by atoms with Crippen LogP contribution in [0.5, 0.6) is 0 Å². The van der Waals surface area contributed by atoms with E-state index in [0.717, 1.165) is 43.4 Å². The second-order valence-corrected chi connectivity index (χ2v) is 7.22. The Morgan fingerprint density at radius 3 is 2.28 bits per heavy atom. The van der Waals surface area contributed by atoms with Crippen LogP contribution in [-0.2, 0) is 4.79 Å². The molecule has 25 heavy (non-hydrogen) atoms. The molecule has 1 aromatic carbocycles. The van der Waals surface area contributed by atoms with Crippen molar-refractivity contribution >= 4 is 11.6 Å². The summed E-state index contributed by atoms with van der Waals surface area (Å²) in [5, 5.41) is 11.4. The molecule has 1 N–H and O–H groups in total. The number of aryl methyl sites for hydroxylation is 1. The molecule has 1 saturated heterocycles. The first kappa shape index (κ1) is 16.3. The lowest BCUT2D eigenvalue weighted by Gasteiger charge is -2.29. The van der Waals surface area contributed by atoms with Crippen molar-refractivity contribution in [3.63, 3.8) is 0 Å². The van der Waals surface area contributed by atoms with Crippen LogP contribution in [0.2, 0.25) is 0 Å². The van der Waals surface area contributed by atoms with E-state index in [1.807, 2.05) is 31.2 Å². The van der Waals surface area contributed by atoms with Gasteiger partial charge in [-0.3, -0.25) is 9.69 Å². The average Bonchev–Trinajstić information content (AvgIpc) is 3.35. The fourth-order valence-corrected chi connectivity index (χ4v) is 3.29. The molecule has 0 bridgehead atoms. The minimum Gasteiger partial charge on any atom is -0.425 e. The molecule has 6 heteroatoms. The van der Waals surface area contributed by atoms with Crippen molar-refractivity contribution < 1.29 is 9.21 Å². The first-order chi connectivity index (χ1) is 12.2. The summed E-state index contributed by atoms with van der Waals surface area (Å²) < 4.78 is 5.83. The van der Waals surface area contributed by atoms with Gasteiger partial charge in [0.05, 0.1) is 6.54 Å². The fraction of sp³-hybridized carbons (Fsp3) is 0.526. The predicted molar refractivity (Wildman–Crippen MR) is 94.5 cm³/mol. The van der Waals surface area contributed by atoms with Gasteiger partial charge in [0.2, 0.25) is 17.7 Å². The number of carbonyl (C=O) groups excluding carboxylic acids is 1. The molecule has 0 radical (unpaired) electrons. The van der Waals surface area contributed by atoms with Crippen LogP contribution in [0.1, 0.15) is 54.9 Å². The average molecular weight is 340 g/mol. The Labute approximate surface area is 147 Å². The van der Waals surface area contributed by atoms with E-state index in [9.17, 15) is 4.79 Å². The lowest BCUT2D eigenvalue weighted by molar-refractivity contribution is -0.117. The zero-order chi connectivity index (χ0) is 17.2. The molecule has 0 atom stereocenters. The number of anilines is 1. The van der Waals surface area contributed by atoms with Crippen molar-refractivity contribution in [3.8, 4) is 0 Å². The Hall–Kier alpha value is -2.21. The van der Waals surface area contributed by atoms with Crippen LogP contribution < -0.4 is 5.32 Å². The number of piperidine rings is 1. The molecule has 1 amide bonds. The smallest absolute Gasteiger partial charge is 0.238 e. The van der Waals surface area contributed by atoms with E-state index in [4.69, 9.17) is 4.42 Å². The molecule has 2 fully saturated rings. The van der Waals surface area contributed by atoms with E-state index >= 15 is 0 Å². The van der Waals surface area contributed by atoms with Gasteiger partial charge in [-0.1, -0.05) is 17.7 Å². The van der Waals surface area contributed by atoms with E-state index in [-0.39, 0.29) is 5.91 Å². The van der Waals surface area contributed by atoms with Gasteiger partial charge in [-0.2, -0.15) is 0 Å². The molecule has 1 aliphatic heterocycles. The Morgan fingerprint density at radius 2 is 1.68 bits per heavy atom. The summed E-state index contributed by atoms with van der Waals surface area (Å²) >= 11 is 0. The zero-order valence-corrected chi connectivity index (χ0v) is 14.6. The topological polar surface area (TPSA) is 71.3 Å². The van der Waals surface area contributed by atoms with Crippen molar-refractivity contribution in [1.29, 1.82) is 0 Å². The second-order valence-electron chi connectivity index (χ2n) is 7.22. The highest BCUT2D eigenvalue weighted by Crippen LogP contribution is 2.40. The lowest BCUT2D eigenvalue weighted by atomic mass is 9.97. The molecule has 132 valence electrons. The third-order valence-electron chi connectivity index (χ3n) is 5.02. The molecule has 0 spiro atoms. The summed E-state index contributed by atoms with van der Waals surface area (Å²) in [6.45, 7) is 4.23. The minimum atomic E-state index is 0.0381. The SMILES string of the molecule is Cc1ccc(NC(=O)CN2CCC(c3nnc(C4CC4)o3)CC2)cc1. The molecule has 2 aromatic rings. The van der Waals surface area contributed by atoms with E-state index in [0.29, 0.717) is 18.4 Å². The maximum Gasteiger partial charge on any atom is 0.238 e. The highest BCUT2D eigenvalue weighted by Gasteiger charge is 2.31. The monoisotopic (exact) mass is 340 g/mol. The van der Waals surface area contributed by atoms with Crippen LogP contribution >= 0.6 is 0 Å². The summed E-state index contributed by atoms with van der Waals surface area (Å²) in [6.07, 6.45) is 4.28. The van der Waals surface area contributed by atoms with Gasteiger partial charge in [-0.05, 0) is 57.8 Å². The van der Waals surface area contributed by atoms with Gasteiger partial charge in [0.1, 0.15) is 0 Å². The van der Waals surface area contributed by atoms with Crippen LogP contribution in [0, 0.1) is 6.92 Å². The molecule has 2 heterocycles. The summed E-state index contributed by atoms with van der Waals surface area (Å²) in [4.78, 5) is 14.4. The molecule has 0 unspecified atom stereocenters. The number of aromatic nitrogens is 2. The van der Waals surface area contributed by atoms with Crippen LogP contribution in [0.4, 0.5) is 5.69 Å². The lowest BCUT2D eigenvalue weighted by Crippen LogP contribution is -2.38. The number of amides is 1. The number of rotatable bonds is 5. The molecule has 1 aromatic heterocycles. The molecular weight excluding hydrogens is 316 g/mol. The molecule has 2 aliphatic rings. The maximum atomic E-state index is 12.2. The normalized spacial score (nSPS) is 19.1. The van der Waals surface area contributed by atoms with Crippen LogP contribution in [0.25, 0.3) is 0 Å². The second kappa shape index (κ2) is 6.96. The minimum absolute atomic E-state index is 0.0381. The number of hydrogen-bond acceptors (Lipinski definition) is 5. The predicted octanol–water partition coefficient (Wildman–Crippen LogP) is 3.07. The largest absolute Gasteiger partial charge is 0.425 e. The Morgan fingerprint density at radius 1 is 1.08 bits per heavy atom. The summed E-state index contributed by atoms with van der Waals surface area (Å²) in [7, 11) is 0. The third-order valence-corrected chi connectivity index (χ3v) is 5.02.